The third kappa shape index (κ3) is 4.75. The summed E-state index contributed by atoms with van der Waals surface area (Å²) in [5, 5.41) is 0. The highest BCUT2D eigenvalue weighted by Crippen LogP contribution is 2.35. The number of hydrogen-bond donors (Lipinski definition) is 0. The number of hydrogen-bond acceptors (Lipinski definition) is 6. The average molecular weight is 385 g/mol. The lowest BCUT2D eigenvalue weighted by atomic mass is 10.0. The van der Waals surface area contributed by atoms with E-state index in [9.17, 15) is 13.2 Å². The first-order valence-corrected chi connectivity index (χ1v) is 9.94. The van der Waals surface area contributed by atoms with Crippen LogP contribution in [-0.4, -0.2) is 50.5 Å². The zero-order chi connectivity index (χ0) is 19.6. The van der Waals surface area contributed by atoms with Gasteiger partial charge in [0.25, 0.3) is 10.1 Å². The largest absolute Gasteiger partial charge is 0.449 e. The van der Waals surface area contributed by atoms with Crippen LogP contribution in [0.4, 0.5) is 4.79 Å². The van der Waals surface area contributed by atoms with E-state index in [1.54, 1.807) is 30.9 Å². The summed E-state index contributed by atoms with van der Waals surface area (Å²) >= 11 is 0. The molecule has 146 valence electrons. The van der Waals surface area contributed by atoms with Crippen LogP contribution in [0.3, 0.4) is 0 Å². The molecule has 0 radical (unpaired) electrons. The predicted molar refractivity (Wildman–Crippen MR) is 96.2 cm³/mol. The van der Waals surface area contributed by atoms with E-state index < -0.39 is 27.5 Å². The van der Waals surface area contributed by atoms with Crippen molar-refractivity contribution in [3.05, 3.63) is 29.8 Å². The summed E-state index contributed by atoms with van der Waals surface area (Å²) in [4.78, 5) is 14.0. The third-order valence-electron chi connectivity index (χ3n) is 4.17. The minimum absolute atomic E-state index is 0.0604. The standard InChI is InChI=1S/C18H27NO6S/c1-14-7-9-15(10-8-14)26(21,22)25-12-6-11-23-16(20)19-17(2,3)13-24-18(19,4)5/h7-10H,6,11-13H2,1-5H3. The molecule has 1 saturated heterocycles. The van der Waals surface area contributed by atoms with Gasteiger partial charge in [0.1, 0.15) is 5.72 Å². The Bertz CT molecular complexity index is 723. The summed E-state index contributed by atoms with van der Waals surface area (Å²) < 4.78 is 40.0. The fourth-order valence-electron chi connectivity index (χ4n) is 2.90. The van der Waals surface area contributed by atoms with E-state index in [0.717, 1.165) is 5.56 Å². The number of aryl methyl sites for hydroxylation is 1. The Morgan fingerprint density at radius 2 is 1.77 bits per heavy atom. The minimum Gasteiger partial charge on any atom is -0.449 e. The van der Waals surface area contributed by atoms with Crippen molar-refractivity contribution in [1.29, 1.82) is 0 Å². The Balaban J connectivity index is 1.80. The smallest absolute Gasteiger partial charge is 0.412 e. The van der Waals surface area contributed by atoms with Crippen LogP contribution in [0.1, 0.15) is 39.7 Å². The first kappa shape index (κ1) is 20.7. The number of carbonyl (C=O) groups excluding carboxylic acids is 1. The molecule has 0 aliphatic carbocycles. The van der Waals surface area contributed by atoms with Crippen molar-refractivity contribution < 1.29 is 26.9 Å². The van der Waals surface area contributed by atoms with Gasteiger partial charge in [0.2, 0.25) is 0 Å². The van der Waals surface area contributed by atoms with Crippen LogP contribution >= 0.6 is 0 Å². The topological polar surface area (TPSA) is 82.1 Å². The zero-order valence-electron chi connectivity index (χ0n) is 15.9. The van der Waals surface area contributed by atoms with Gasteiger partial charge in [-0.2, -0.15) is 8.42 Å². The van der Waals surface area contributed by atoms with Crippen LogP contribution in [0.25, 0.3) is 0 Å². The SMILES string of the molecule is Cc1ccc(S(=O)(=O)OCCCOC(=O)N2C(C)(C)COC2(C)C)cc1. The number of nitrogens with zero attached hydrogens (tertiary/aromatic N) is 1. The van der Waals surface area contributed by atoms with Crippen LogP contribution in [0.2, 0.25) is 0 Å². The van der Waals surface area contributed by atoms with Gasteiger partial charge in [-0.15, -0.1) is 0 Å². The molecular weight excluding hydrogens is 358 g/mol. The maximum Gasteiger partial charge on any atom is 0.412 e. The van der Waals surface area contributed by atoms with E-state index in [-0.39, 0.29) is 24.5 Å². The van der Waals surface area contributed by atoms with E-state index in [2.05, 4.69) is 0 Å². The van der Waals surface area contributed by atoms with Crippen molar-refractivity contribution in [2.75, 3.05) is 19.8 Å². The molecule has 26 heavy (non-hydrogen) atoms. The van der Waals surface area contributed by atoms with Crippen molar-refractivity contribution in [2.24, 2.45) is 0 Å². The van der Waals surface area contributed by atoms with E-state index >= 15 is 0 Å². The number of ether oxygens (including phenoxy) is 2. The predicted octanol–water partition coefficient (Wildman–Crippen LogP) is 3.07. The molecule has 0 saturated carbocycles. The second-order valence-corrected chi connectivity index (χ2v) is 9.06. The van der Waals surface area contributed by atoms with Gasteiger partial charge in [0.05, 0.1) is 30.3 Å². The molecule has 0 spiro atoms. The molecule has 1 aliphatic rings. The molecule has 2 rings (SSSR count). The molecular formula is C18H27NO6S. The van der Waals surface area contributed by atoms with Gasteiger partial charge in [-0.3, -0.25) is 9.08 Å². The Morgan fingerprint density at radius 3 is 2.31 bits per heavy atom. The van der Waals surface area contributed by atoms with E-state index in [4.69, 9.17) is 13.7 Å². The summed E-state index contributed by atoms with van der Waals surface area (Å²) in [6, 6.07) is 6.42. The number of rotatable bonds is 6. The molecule has 1 fully saturated rings. The van der Waals surface area contributed by atoms with Crippen LogP contribution in [-0.2, 0) is 23.8 Å². The Hall–Kier alpha value is -1.64. The lowest BCUT2D eigenvalue weighted by Crippen LogP contribution is -2.52. The van der Waals surface area contributed by atoms with Gasteiger partial charge in [-0.1, -0.05) is 17.7 Å². The zero-order valence-corrected chi connectivity index (χ0v) is 16.8. The lowest BCUT2D eigenvalue weighted by Gasteiger charge is -2.36. The van der Waals surface area contributed by atoms with Gasteiger partial charge in [-0.05, 0) is 46.8 Å². The second kappa shape index (κ2) is 7.54. The minimum atomic E-state index is -3.80. The van der Waals surface area contributed by atoms with E-state index in [1.165, 1.54) is 12.1 Å². The fraction of sp³-hybridized carbons (Fsp3) is 0.611. The van der Waals surface area contributed by atoms with Gasteiger partial charge in [-0.25, -0.2) is 4.79 Å². The van der Waals surface area contributed by atoms with Gasteiger partial charge < -0.3 is 9.47 Å². The van der Waals surface area contributed by atoms with Crippen LogP contribution in [0.5, 0.6) is 0 Å². The summed E-state index contributed by atoms with van der Waals surface area (Å²) in [5.74, 6) is 0. The van der Waals surface area contributed by atoms with Crippen LogP contribution in [0.15, 0.2) is 29.2 Å². The first-order valence-electron chi connectivity index (χ1n) is 8.53. The first-order chi connectivity index (χ1) is 12.0. The molecule has 1 heterocycles. The Kier molecular flexibility index (Phi) is 5.99. The highest BCUT2D eigenvalue weighted by atomic mass is 32.2. The molecule has 0 atom stereocenters. The Labute approximate surface area is 155 Å². The van der Waals surface area contributed by atoms with Crippen molar-refractivity contribution in [1.82, 2.24) is 4.90 Å². The molecule has 0 bridgehead atoms. The molecule has 0 N–H and O–H groups in total. The van der Waals surface area contributed by atoms with Crippen molar-refractivity contribution in [3.8, 4) is 0 Å². The molecule has 7 nitrogen and oxygen atoms in total. The average Bonchev–Trinajstić information content (AvgIpc) is 2.75. The number of carbonyl (C=O) groups is 1. The normalized spacial score (nSPS) is 18.7. The maximum atomic E-state index is 12.4. The number of amides is 1. The third-order valence-corrected chi connectivity index (χ3v) is 5.49. The van der Waals surface area contributed by atoms with Crippen LogP contribution < -0.4 is 0 Å². The molecule has 1 aliphatic heterocycles. The van der Waals surface area contributed by atoms with Gasteiger partial charge in [0, 0.05) is 6.42 Å². The summed E-state index contributed by atoms with van der Waals surface area (Å²) in [5.41, 5.74) is -0.245. The van der Waals surface area contributed by atoms with Gasteiger partial charge in [0.15, 0.2) is 0 Å². The van der Waals surface area contributed by atoms with Crippen molar-refractivity contribution in [2.45, 2.75) is 57.2 Å². The molecule has 8 heteroatoms. The molecule has 1 aromatic rings. The molecule has 1 amide bonds. The monoisotopic (exact) mass is 385 g/mol. The van der Waals surface area contributed by atoms with Gasteiger partial charge >= 0.3 is 6.09 Å². The molecule has 1 aromatic carbocycles. The van der Waals surface area contributed by atoms with E-state index in [0.29, 0.717) is 6.61 Å². The van der Waals surface area contributed by atoms with Crippen molar-refractivity contribution in [3.63, 3.8) is 0 Å². The molecule has 0 unspecified atom stereocenters. The van der Waals surface area contributed by atoms with E-state index in [1.807, 2.05) is 20.8 Å². The second-order valence-electron chi connectivity index (χ2n) is 7.44. The van der Waals surface area contributed by atoms with Crippen LogP contribution in [0, 0.1) is 6.92 Å². The molecule has 0 aromatic heterocycles. The summed E-state index contributed by atoms with van der Waals surface area (Å²) in [7, 11) is -3.80. The fourth-order valence-corrected chi connectivity index (χ4v) is 3.85. The quantitative estimate of drug-likeness (QED) is 0.553. The summed E-state index contributed by atoms with van der Waals surface area (Å²) in [6.45, 7) is 9.71. The maximum absolute atomic E-state index is 12.4. The summed E-state index contributed by atoms with van der Waals surface area (Å²) in [6.07, 6.45) is -0.217. The Morgan fingerprint density at radius 1 is 1.15 bits per heavy atom. The highest BCUT2D eigenvalue weighted by Gasteiger charge is 2.49. The highest BCUT2D eigenvalue weighted by molar-refractivity contribution is 7.86. The number of benzene rings is 1. The van der Waals surface area contributed by atoms with Crippen molar-refractivity contribution >= 4 is 16.2 Å². The lowest BCUT2D eigenvalue weighted by molar-refractivity contribution is -0.0520.